The molecule has 0 saturated carbocycles. The Hall–Kier alpha value is -3.19. The van der Waals surface area contributed by atoms with Gasteiger partial charge in [0.05, 0.1) is 10.6 Å². The molecule has 0 radical (unpaired) electrons. The van der Waals surface area contributed by atoms with Gasteiger partial charge >= 0.3 is 0 Å². The van der Waals surface area contributed by atoms with Crippen molar-refractivity contribution in [1.29, 1.82) is 0 Å². The van der Waals surface area contributed by atoms with Crippen LogP contribution in [-0.4, -0.2) is 22.5 Å². The van der Waals surface area contributed by atoms with Crippen LogP contribution < -0.4 is 19.1 Å². The predicted octanol–water partition coefficient (Wildman–Crippen LogP) is 4.02. The molecule has 0 amide bonds. The number of nitrogens with one attached hydrogen (secondary N) is 1. The molecule has 0 aromatic heterocycles. The van der Waals surface area contributed by atoms with E-state index in [0.29, 0.717) is 17.2 Å². The number of hydrogen-bond donors (Lipinski definition) is 1. The SMILES string of the molecule is CN(C)c1cccc(C2Oc3ccc(NS(=O)(=O)c4ccccc4)cc3O2)c1. The van der Waals surface area contributed by atoms with Gasteiger partial charge in [0.25, 0.3) is 16.3 Å². The van der Waals surface area contributed by atoms with Crippen molar-refractivity contribution >= 4 is 21.4 Å². The second kappa shape index (κ2) is 7.09. The monoisotopic (exact) mass is 396 g/mol. The van der Waals surface area contributed by atoms with Gasteiger partial charge in [0.2, 0.25) is 0 Å². The molecule has 6 nitrogen and oxygen atoms in total. The van der Waals surface area contributed by atoms with Crippen molar-refractivity contribution in [3.05, 3.63) is 78.4 Å². The molecule has 0 fully saturated rings. The normalized spacial score (nSPS) is 15.3. The third-order valence-corrected chi connectivity index (χ3v) is 5.77. The highest BCUT2D eigenvalue weighted by Crippen LogP contribution is 2.42. The Balaban J connectivity index is 1.54. The van der Waals surface area contributed by atoms with E-state index >= 15 is 0 Å². The number of benzene rings is 3. The topological polar surface area (TPSA) is 67.9 Å². The van der Waals surface area contributed by atoms with E-state index in [0.717, 1.165) is 11.3 Å². The maximum absolute atomic E-state index is 12.5. The maximum atomic E-state index is 12.5. The third kappa shape index (κ3) is 3.61. The number of rotatable bonds is 5. The molecule has 0 bridgehead atoms. The molecule has 3 aromatic rings. The van der Waals surface area contributed by atoms with Gasteiger partial charge in [0.1, 0.15) is 0 Å². The quantitative estimate of drug-likeness (QED) is 0.705. The number of hydrogen-bond acceptors (Lipinski definition) is 5. The molecule has 1 heterocycles. The van der Waals surface area contributed by atoms with Crippen LogP contribution >= 0.6 is 0 Å². The summed E-state index contributed by atoms with van der Waals surface area (Å²) in [5, 5.41) is 0. The summed E-state index contributed by atoms with van der Waals surface area (Å²) in [5.74, 6) is 1.07. The van der Waals surface area contributed by atoms with E-state index in [9.17, 15) is 8.42 Å². The molecular weight excluding hydrogens is 376 g/mol. The summed E-state index contributed by atoms with van der Waals surface area (Å²) < 4.78 is 39.4. The Morgan fingerprint density at radius 2 is 1.61 bits per heavy atom. The van der Waals surface area contributed by atoms with Crippen LogP contribution in [0.2, 0.25) is 0 Å². The number of nitrogens with zero attached hydrogens (tertiary/aromatic N) is 1. The molecular formula is C21H20N2O4S. The first-order valence-corrected chi connectivity index (χ1v) is 10.2. The number of anilines is 2. The van der Waals surface area contributed by atoms with Crippen molar-refractivity contribution in [3.8, 4) is 11.5 Å². The summed E-state index contributed by atoms with van der Waals surface area (Å²) in [7, 11) is 0.272. The molecule has 1 atom stereocenters. The van der Waals surface area contributed by atoms with Gasteiger partial charge in [-0.05, 0) is 36.4 Å². The van der Waals surface area contributed by atoms with Gasteiger partial charge in [-0.25, -0.2) is 8.42 Å². The maximum Gasteiger partial charge on any atom is 0.268 e. The van der Waals surface area contributed by atoms with Crippen LogP contribution in [0.15, 0.2) is 77.7 Å². The van der Waals surface area contributed by atoms with Gasteiger partial charge in [-0.15, -0.1) is 0 Å². The first-order chi connectivity index (χ1) is 13.4. The first-order valence-electron chi connectivity index (χ1n) is 8.75. The molecule has 28 heavy (non-hydrogen) atoms. The van der Waals surface area contributed by atoms with Crippen molar-refractivity contribution in [3.63, 3.8) is 0 Å². The molecule has 1 aliphatic rings. The molecule has 1 N–H and O–H groups in total. The first kappa shape index (κ1) is 18.2. The summed E-state index contributed by atoms with van der Waals surface area (Å²) in [6, 6.07) is 21.1. The van der Waals surface area contributed by atoms with Crippen molar-refractivity contribution in [2.45, 2.75) is 11.2 Å². The van der Waals surface area contributed by atoms with E-state index in [1.807, 2.05) is 43.3 Å². The van der Waals surface area contributed by atoms with Gasteiger partial charge in [0, 0.05) is 31.4 Å². The lowest BCUT2D eigenvalue weighted by Gasteiger charge is -2.16. The van der Waals surface area contributed by atoms with E-state index in [1.165, 1.54) is 0 Å². The highest BCUT2D eigenvalue weighted by molar-refractivity contribution is 7.92. The van der Waals surface area contributed by atoms with Crippen LogP contribution in [0.25, 0.3) is 0 Å². The zero-order valence-electron chi connectivity index (χ0n) is 15.5. The Kier molecular flexibility index (Phi) is 4.60. The molecule has 3 aromatic carbocycles. The van der Waals surface area contributed by atoms with Gasteiger partial charge in [0.15, 0.2) is 11.5 Å². The Labute approximate surface area is 164 Å². The Morgan fingerprint density at radius 3 is 2.36 bits per heavy atom. The minimum Gasteiger partial charge on any atom is -0.447 e. The van der Waals surface area contributed by atoms with Crippen LogP contribution in [-0.2, 0) is 10.0 Å². The van der Waals surface area contributed by atoms with E-state index in [-0.39, 0.29) is 4.90 Å². The van der Waals surface area contributed by atoms with Crippen molar-refractivity contribution in [2.75, 3.05) is 23.7 Å². The highest BCUT2D eigenvalue weighted by Gasteiger charge is 2.27. The second-order valence-electron chi connectivity index (χ2n) is 6.64. The van der Waals surface area contributed by atoms with E-state index in [1.54, 1.807) is 48.5 Å². The van der Waals surface area contributed by atoms with Gasteiger partial charge in [-0.2, -0.15) is 0 Å². The average molecular weight is 396 g/mol. The van der Waals surface area contributed by atoms with Crippen molar-refractivity contribution < 1.29 is 17.9 Å². The fourth-order valence-electron chi connectivity index (χ4n) is 2.92. The summed E-state index contributed by atoms with van der Waals surface area (Å²) >= 11 is 0. The largest absolute Gasteiger partial charge is 0.447 e. The Morgan fingerprint density at radius 1 is 0.857 bits per heavy atom. The number of ether oxygens (including phenoxy) is 2. The van der Waals surface area contributed by atoms with Gasteiger partial charge < -0.3 is 14.4 Å². The highest BCUT2D eigenvalue weighted by atomic mass is 32.2. The molecule has 1 unspecified atom stereocenters. The van der Waals surface area contributed by atoms with Crippen molar-refractivity contribution in [1.82, 2.24) is 0 Å². The van der Waals surface area contributed by atoms with Crippen LogP contribution in [0.1, 0.15) is 11.9 Å². The van der Waals surface area contributed by atoms with Crippen LogP contribution in [0.5, 0.6) is 11.5 Å². The average Bonchev–Trinajstić information content (AvgIpc) is 3.12. The molecule has 4 rings (SSSR count). The van der Waals surface area contributed by atoms with E-state index in [4.69, 9.17) is 9.47 Å². The van der Waals surface area contributed by atoms with Gasteiger partial charge in [-0.3, -0.25) is 4.72 Å². The summed E-state index contributed by atoms with van der Waals surface area (Å²) in [5.41, 5.74) is 2.33. The summed E-state index contributed by atoms with van der Waals surface area (Å²) in [6.07, 6.45) is -0.573. The summed E-state index contributed by atoms with van der Waals surface area (Å²) in [4.78, 5) is 2.20. The standard InChI is InChI=1S/C21H20N2O4S/c1-23(2)17-8-6-7-15(13-17)21-26-19-12-11-16(14-20(19)27-21)22-28(24,25)18-9-4-3-5-10-18/h3-14,21-22H,1-2H3. The lowest BCUT2D eigenvalue weighted by Crippen LogP contribution is -2.12. The predicted molar refractivity (Wildman–Crippen MR) is 108 cm³/mol. The fraction of sp³-hybridized carbons (Fsp3) is 0.143. The van der Waals surface area contributed by atoms with E-state index in [2.05, 4.69) is 4.72 Å². The Bertz CT molecular complexity index is 1100. The zero-order chi connectivity index (χ0) is 19.7. The molecule has 0 saturated heterocycles. The van der Waals surface area contributed by atoms with Crippen LogP contribution in [0, 0.1) is 0 Å². The summed E-state index contributed by atoms with van der Waals surface area (Å²) in [6.45, 7) is 0. The molecule has 7 heteroatoms. The zero-order valence-corrected chi connectivity index (χ0v) is 16.3. The molecule has 0 spiro atoms. The smallest absolute Gasteiger partial charge is 0.268 e. The minimum atomic E-state index is -3.66. The fourth-order valence-corrected chi connectivity index (χ4v) is 3.99. The second-order valence-corrected chi connectivity index (χ2v) is 8.32. The van der Waals surface area contributed by atoms with Gasteiger partial charge in [-0.1, -0.05) is 30.3 Å². The molecule has 1 aliphatic heterocycles. The van der Waals surface area contributed by atoms with E-state index < -0.39 is 16.3 Å². The van der Waals surface area contributed by atoms with Crippen LogP contribution in [0.4, 0.5) is 11.4 Å². The van der Waals surface area contributed by atoms with Crippen molar-refractivity contribution in [2.24, 2.45) is 0 Å². The minimum absolute atomic E-state index is 0.200. The number of fused-ring (bicyclic) bond motifs is 1. The van der Waals surface area contributed by atoms with Crippen LogP contribution in [0.3, 0.4) is 0 Å². The molecule has 0 aliphatic carbocycles. The number of sulfonamides is 1. The lowest BCUT2D eigenvalue weighted by atomic mass is 10.2. The molecule has 144 valence electrons. The third-order valence-electron chi connectivity index (χ3n) is 4.38. The lowest BCUT2D eigenvalue weighted by molar-refractivity contribution is 0.0488.